The molecule has 1 heterocycles. The minimum absolute atomic E-state index is 0.115. The second-order valence-electron chi connectivity index (χ2n) is 2.97. The van der Waals surface area contributed by atoms with Crippen LogP contribution in [0.5, 0.6) is 0 Å². The van der Waals surface area contributed by atoms with Crippen LogP contribution in [0.25, 0.3) is 0 Å². The second kappa shape index (κ2) is 4.70. The zero-order valence-electron chi connectivity index (χ0n) is 6.95. The van der Waals surface area contributed by atoms with Crippen molar-refractivity contribution in [2.75, 3.05) is 26.4 Å². The number of rotatable bonds is 3. The third kappa shape index (κ3) is 2.77. The van der Waals surface area contributed by atoms with E-state index in [1.165, 1.54) is 0 Å². The zero-order chi connectivity index (χ0) is 8.10. The normalized spacial score (nSPS) is 32.2. The molecular formula is C8H16O3. The smallest absolute Gasteiger partial charge is 0.0701 e. The minimum Gasteiger partial charge on any atom is -0.394 e. The van der Waals surface area contributed by atoms with Crippen molar-refractivity contribution in [3.05, 3.63) is 0 Å². The fourth-order valence-electron chi connectivity index (χ4n) is 1.31. The second-order valence-corrected chi connectivity index (χ2v) is 2.97. The minimum atomic E-state index is 0.115. The topological polar surface area (TPSA) is 38.7 Å². The van der Waals surface area contributed by atoms with E-state index in [1.54, 1.807) is 0 Å². The van der Waals surface area contributed by atoms with Gasteiger partial charge >= 0.3 is 0 Å². The van der Waals surface area contributed by atoms with Gasteiger partial charge in [-0.2, -0.15) is 0 Å². The molecule has 0 saturated carbocycles. The Morgan fingerprint density at radius 2 is 2.45 bits per heavy atom. The third-order valence-electron chi connectivity index (χ3n) is 1.99. The highest BCUT2D eigenvalue weighted by Gasteiger charge is 2.21. The van der Waals surface area contributed by atoms with Gasteiger partial charge in [-0.05, 0) is 6.42 Å². The molecule has 11 heavy (non-hydrogen) atoms. The van der Waals surface area contributed by atoms with Gasteiger partial charge in [0, 0.05) is 12.5 Å². The number of aliphatic hydroxyl groups is 1. The van der Waals surface area contributed by atoms with Crippen LogP contribution < -0.4 is 0 Å². The molecule has 2 atom stereocenters. The number of aliphatic hydroxyl groups excluding tert-OH is 1. The van der Waals surface area contributed by atoms with E-state index in [-0.39, 0.29) is 12.7 Å². The van der Waals surface area contributed by atoms with Crippen molar-refractivity contribution < 1.29 is 14.6 Å². The first kappa shape index (κ1) is 8.97. The van der Waals surface area contributed by atoms with Crippen molar-refractivity contribution in [3.63, 3.8) is 0 Å². The molecule has 0 aromatic rings. The fourth-order valence-corrected chi connectivity index (χ4v) is 1.31. The quantitative estimate of drug-likeness (QED) is 0.650. The van der Waals surface area contributed by atoms with E-state index in [0.717, 1.165) is 19.6 Å². The van der Waals surface area contributed by atoms with Crippen molar-refractivity contribution in [2.24, 2.45) is 5.92 Å². The van der Waals surface area contributed by atoms with Crippen LogP contribution in [0.3, 0.4) is 0 Å². The Labute approximate surface area is 67.3 Å². The summed E-state index contributed by atoms with van der Waals surface area (Å²) in [5, 5.41) is 8.53. The van der Waals surface area contributed by atoms with Crippen LogP contribution in [0.1, 0.15) is 13.3 Å². The molecule has 0 spiro atoms. The molecule has 3 nitrogen and oxygen atoms in total. The molecule has 1 aliphatic rings. The van der Waals surface area contributed by atoms with Crippen LogP contribution in [-0.4, -0.2) is 37.6 Å². The van der Waals surface area contributed by atoms with E-state index in [9.17, 15) is 0 Å². The highest BCUT2D eigenvalue weighted by Crippen LogP contribution is 2.16. The molecule has 0 unspecified atom stereocenters. The Bertz CT molecular complexity index is 106. The molecule has 1 rings (SSSR count). The molecule has 0 amide bonds. The van der Waals surface area contributed by atoms with Crippen LogP contribution in [0.15, 0.2) is 0 Å². The maximum Gasteiger partial charge on any atom is 0.0701 e. The molecule has 0 aromatic carbocycles. The molecule has 0 aliphatic carbocycles. The van der Waals surface area contributed by atoms with Crippen molar-refractivity contribution in [1.29, 1.82) is 0 Å². The third-order valence-corrected chi connectivity index (χ3v) is 1.99. The van der Waals surface area contributed by atoms with Gasteiger partial charge in [-0.15, -0.1) is 0 Å². The van der Waals surface area contributed by atoms with Gasteiger partial charge in [0.25, 0.3) is 0 Å². The summed E-state index contributed by atoms with van der Waals surface area (Å²) in [4.78, 5) is 0. The largest absolute Gasteiger partial charge is 0.394 e. The summed E-state index contributed by atoms with van der Waals surface area (Å²) in [5.74, 6) is 0.468. The summed E-state index contributed by atoms with van der Waals surface area (Å²) in [6.45, 7) is 4.26. The summed E-state index contributed by atoms with van der Waals surface area (Å²) in [6.07, 6.45) is 1.25. The summed E-state index contributed by atoms with van der Waals surface area (Å²) < 4.78 is 10.7. The Kier molecular flexibility index (Phi) is 3.83. The van der Waals surface area contributed by atoms with Crippen molar-refractivity contribution >= 4 is 0 Å². The van der Waals surface area contributed by atoms with Crippen LogP contribution in [0, 0.1) is 5.92 Å². The van der Waals surface area contributed by atoms with Gasteiger partial charge in [-0.1, -0.05) is 6.92 Å². The molecular weight excluding hydrogens is 144 g/mol. The maximum absolute atomic E-state index is 8.53. The fraction of sp³-hybridized carbons (Fsp3) is 1.00. The van der Waals surface area contributed by atoms with Gasteiger partial charge in [-0.25, -0.2) is 0 Å². The van der Waals surface area contributed by atoms with Crippen molar-refractivity contribution in [3.8, 4) is 0 Å². The molecule has 0 bridgehead atoms. The monoisotopic (exact) mass is 160 g/mol. The van der Waals surface area contributed by atoms with Crippen LogP contribution >= 0.6 is 0 Å². The van der Waals surface area contributed by atoms with Crippen molar-refractivity contribution in [2.45, 2.75) is 19.4 Å². The maximum atomic E-state index is 8.53. The first-order valence-electron chi connectivity index (χ1n) is 4.15. The van der Waals surface area contributed by atoms with E-state index in [0.29, 0.717) is 12.5 Å². The van der Waals surface area contributed by atoms with E-state index < -0.39 is 0 Å². The molecule has 0 radical (unpaired) electrons. The van der Waals surface area contributed by atoms with Gasteiger partial charge < -0.3 is 14.6 Å². The van der Waals surface area contributed by atoms with Crippen LogP contribution in [0.2, 0.25) is 0 Å². The SMILES string of the molecule is C[C@@H]1COCC[C@@H]1OCCO. The predicted octanol–water partition coefficient (Wildman–Crippen LogP) is 0.420. The summed E-state index contributed by atoms with van der Waals surface area (Å²) in [7, 11) is 0. The van der Waals surface area contributed by atoms with E-state index >= 15 is 0 Å². The van der Waals surface area contributed by atoms with Gasteiger partial charge in [-0.3, -0.25) is 0 Å². The first-order chi connectivity index (χ1) is 5.34. The average Bonchev–Trinajstić information content (AvgIpc) is 2.03. The number of hydrogen-bond acceptors (Lipinski definition) is 3. The Balaban J connectivity index is 2.18. The van der Waals surface area contributed by atoms with Gasteiger partial charge in [0.1, 0.15) is 0 Å². The van der Waals surface area contributed by atoms with Crippen LogP contribution in [-0.2, 0) is 9.47 Å². The molecule has 1 saturated heterocycles. The molecule has 3 heteroatoms. The lowest BCUT2D eigenvalue weighted by Gasteiger charge is -2.28. The van der Waals surface area contributed by atoms with Crippen molar-refractivity contribution in [1.82, 2.24) is 0 Å². The van der Waals surface area contributed by atoms with Crippen LogP contribution in [0.4, 0.5) is 0 Å². The van der Waals surface area contributed by atoms with E-state index in [2.05, 4.69) is 6.92 Å². The zero-order valence-corrected chi connectivity index (χ0v) is 6.95. The number of ether oxygens (including phenoxy) is 2. The molecule has 0 aromatic heterocycles. The lowest BCUT2D eigenvalue weighted by Crippen LogP contribution is -2.32. The average molecular weight is 160 g/mol. The Morgan fingerprint density at radius 1 is 1.64 bits per heavy atom. The molecule has 66 valence electrons. The Hall–Kier alpha value is -0.120. The molecule has 1 N–H and O–H groups in total. The molecule has 1 aliphatic heterocycles. The highest BCUT2D eigenvalue weighted by molar-refractivity contribution is 4.69. The first-order valence-corrected chi connectivity index (χ1v) is 4.15. The molecule has 1 fully saturated rings. The lowest BCUT2D eigenvalue weighted by molar-refractivity contribution is -0.0747. The summed E-state index contributed by atoms with van der Waals surface area (Å²) >= 11 is 0. The standard InChI is InChI=1S/C8H16O3/c1-7-6-10-4-2-8(7)11-5-3-9/h7-9H,2-6H2,1H3/t7-,8+/m1/s1. The predicted molar refractivity (Wildman–Crippen MR) is 41.4 cm³/mol. The van der Waals surface area contributed by atoms with Gasteiger partial charge in [0.05, 0.1) is 25.9 Å². The van der Waals surface area contributed by atoms with E-state index in [1.807, 2.05) is 0 Å². The lowest BCUT2D eigenvalue weighted by atomic mass is 10.0. The summed E-state index contributed by atoms with van der Waals surface area (Å²) in [6, 6.07) is 0. The number of hydrogen-bond donors (Lipinski definition) is 1. The summed E-state index contributed by atoms with van der Waals surface area (Å²) in [5.41, 5.74) is 0. The van der Waals surface area contributed by atoms with E-state index in [4.69, 9.17) is 14.6 Å². The Morgan fingerprint density at radius 3 is 3.09 bits per heavy atom. The van der Waals surface area contributed by atoms with Gasteiger partial charge in [0.2, 0.25) is 0 Å². The van der Waals surface area contributed by atoms with Gasteiger partial charge in [0.15, 0.2) is 0 Å². The highest BCUT2D eigenvalue weighted by atomic mass is 16.5.